The minimum atomic E-state index is -0.100. The SMILES string of the molecule is COc1ccc(Cn2nc(-c3ccc(C(=O)N4CCOCC4)cc3)cc2CO)cc1. The van der Waals surface area contributed by atoms with E-state index in [1.54, 1.807) is 11.8 Å². The fraction of sp³-hybridized carbons (Fsp3) is 0.304. The van der Waals surface area contributed by atoms with Crippen LogP contribution in [0.15, 0.2) is 54.6 Å². The number of amides is 1. The van der Waals surface area contributed by atoms with Gasteiger partial charge in [-0.3, -0.25) is 9.48 Å². The minimum absolute atomic E-state index is 0.0194. The lowest BCUT2D eigenvalue weighted by Gasteiger charge is -2.26. The molecule has 0 spiro atoms. The number of hydrogen-bond acceptors (Lipinski definition) is 5. The van der Waals surface area contributed by atoms with E-state index in [0.29, 0.717) is 38.4 Å². The molecule has 7 nitrogen and oxygen atoms in total. The molecule has 2 heterocycles. The Kier molecular flexibility index (Phi) is 6.11. The number of ether oxygens (including phenoxy) is 2. The van der Waals surface area contributed by atoms with Crippen molar-refractivity contribution in [3.8, 4) is 17.0 Å². The number of methoxy groups -OCH3 is 1. The van der Waals surface area contributed by atoms with Gasteiger partial charge in [0.2, 0.25) is 0 Å². The molecule has 1 aliphatic rings. The van der Waals surface area contributed by atoms with Crippen molar-refractivity contribution in [1.82, 2.24) is 14.7 Å². The van der Waals surface area contributed by atoms with E-state index in [9.17, 15) is 9.90 Å². The van der Waals surface area contributed by atoms with Crippen molar-refractivity contribution in [3.63, 3.8) is 0 Å². The summed E-state index contributed by atoms with van der Waals surface area (Å²) in [5, 5.41) is 14.4. The van der Waals surface area contributed by atoms with Gasteiger partial charge in [-0.25, -0.2) is 0 Å². The third-order valence-electron chi connectivity index (χ3n) is 5.24. The van der Waals surface area contributed by atoms with Crippen LogP contribution >= 0.6 is 0 Å². The second kappa shape index (κ2) is 9.11. The summed E-state index contributed by atoms with van der Waals surface area (Å²) in [6.07, 6.45) is 0. The maximum Gasteiger partial charge on any atom is 0.254 e. The predicted octanol–water partition coefficient (Wildman–Crippen LogP) is 2.57. The first kappa shape index (κ1) is 20.1. The molecule has 1 saturated heterocycles. The highest BCUT2D eigenvalue weighted by Crippen LogP contribution is 2.22. The van der Waals surface area contributed by atoms with E-state index < -0.39 is 0 Å². The second-order valence-corrected chi connectivity index (χ2v) is 7.17. The lowest BCUT2D eigenvalue weighted by Crippen LogP contribution is -2.40. The lowest BCUT2D eigenvalue weighted by atomic mass is 10.1. The van der Waals surface area contributed by atoms with Crippen molar-refractivity contribution in [2.75, 3.05) is 33.4 Å². The van der Waals surface area contributed by atoms with Gasteiger partial charge in [0, 0.05) is 24.2 Å². The minimum Gasteiger partial charge on any atom is -0.497 e. The Balaban J connectivity index is 1.51. The van der Waals surface area contributed by atoms with Gasteiger partial charge in [-0.1, -0.05) is 24.3 Å². The van der Waals surface area contributed by atoms with Crippen molar-refractivity contribution in [2.45, 2.75) is 13.2 Å². The van der Waals surface area contributed by atoms with Crippen LogP contribution in [0.1, 0.15) is 21.6 Å². The molecule has 1 fully saturated rings. The molecular formula is C23H25N3O4. The van der Waals surface area contributed by atoms with E-state index in [2.05, 4.69) is 5.10 Å². The van der Waals surface area contributed by atoms with E-state index in [-0.39, 0.29) is 12.5 Å². The van der Waals surface area contributed by atoms with Crippen molar-refractivity contribution in [2.24, 2.45) is 0 Å². The Hall–Kier alpha value is -3.16. The molecule has 7 heteroatoms. The molecule has 30 heavy (non-hydrogen) atoms. The van der Waals surface area contributed by atoms with E-state index in [1.165, 1.54) is 0 Å². The van der Waals surface area contributed by atoms with Crippen LogP contribution in [0.3, 0.4) is 0 Å². The number of aromatic nitrogens is 2. The van der Waals surface area contributed by atoms with Crippen molar-refractivity contribution in [1.29, 1.82) is 0 Å². The van der Waals surface area contributed by atoms with Crippen molar-refractivity contribution >= 4 is 5.91 Å². The largest absolute Gasteiger partial charge is 0.497 e. The first-order valence-corrected chi connectivity index (χ1v) is 9.96. The molecule has 0 radical (unpaired) electrons. The molecule has 1 aromatic heterocycles. The number of nitrogens with zero attached hydrogens (tertiary/aromatic N) is 3. The van der Waals surface area contributed by atoms with Crippen LogP contribution in [0.4, 0.5) is 0 Å². The summed E-state index contributed by atoms with van der Waals surface area (Å²) < 4.78 is 12.3. The third-order valence-corrected chi connectivity index (χ3v) is 5.24. The highest BCUT2D eigenvalue weighted by molar-refractivity contribution is 5.94. The van der Waals surface area contributed by atoms with Crippen molar-refractivity contribution < 1.29 is 19.4 Å². The summed E-state index contributed by atoms with van der Waals surface area (Å²) in [4.78, 5) is 14.4. The van der Waals surface area contributed by atoms with Gasteiger partial charge in [0.15, 0.2) is 0 Å². The summed E-state index contributed by atoms with van der Waals surface area (Å²) in [5.41, 5.74) is 4.11. The molecule has 0 unspecified atom stereocenters. The number of morpholine rings is 1. The van der Waals surface area contributed by atoms with Gasteiger partial charge in [0.1, 0.15) is 5.75 Å². The molecule has 1 aliphatic heterocycles. The molecule has 1 amide bonds. The van der Waals surface area contributed by atoms with E-state index in [0.717, 1.165) is 28.3 Å². The van der Waals surface area contributed by atoms with Crippen LogP contribution in [0.25, 0.3) is 11.3 Å². The molecule has 0 atom stereocenters. The number of aliphatic hydroxyl groups is 1. The van der Waals surface area contributed by atoms with Gasteiger partial charge in [-0.05, 0) is 35.9 Å². The van der Waals surface area contributed by atoms with Crippen LogP contribution in [0.5, 0.6) is 5.75 Å². The number of carbonyl (C=O) groups excluding carboxylic acids is 1. The van der Waals surface area contributed by atoms with Gasteiger partial charge in [0.05, 0.1) is 44.9 Å². The average Bonchev–Trinajstić information content (AvgIpc) is 3.22. The maximum atomic E-state index is 12.6. The molecule has 0 aliphatic carbocycles. The lowest BCUT2D eigenvalue weighted by molar-refractivity contribution is 0.0303. The van der Waals surface area contributed by atoms with Gasteiger partial charge >= 0.3 is 0 Å². The number of carbonyl (C=O) groups is 1. The van der Waals surface area contributed by atoms with Crippen LogP contribution < -0.4 is 4.74 Å². The highest BCUT2D eigenvalue weighted by atomic mass is 16.5. The quantitative estimate of drug-likeness (QED) is 0.680. The Bertz CT molecular complexity index is 990. The van der Waals surface area contributed by atoms with E-state index >= 15 is 0 Å². The van der Waals surface area contributed by atoms with Gasteiger partial charge in [-0.2, -0.15) is 5.10 Å². The summed E-state index contributed by atoms with van der Waals surface area (Å²) in [5.74, 6) is 0.819. The summed E-state index contributed by atoms with van der Waals surface area (Å²) >= 11 is 0. The number of rotatable bonds is 6. The first-order chi connectivity index (χ1) is 14.7. The zero-order valence-electron chi connectivity index (χ0n) is 17.0. The Morgan fingerprint density at radius 1 is 1.10 bits per heavy atom. The smallest absolute Gasteiger partial charge is 0.254 e. The average molecular weight is 407 g/mol. The highest BCUT2D eigenvalue weighted by Gasteiger charge is 2.18. The van der Waals surface area contributed by atoms with Crippen LogP contribution in [0, 0.1) is 0 Å². The molecule has 0 bridgehead atoms. The fourth-order valence-electron chi connectivity index (χ4n) is 3.50. The fourth-order valence-corrected chi connectivity index (χ4v) is 3.50. The molecule has 4 rings (SSSR count). The van der Waals surface area contributed by atoms with E-state index in [1.807, 2.05) is 59.5 Å². The van der Waals surface area contributed by atoms with E-state index in [4.69, 9.17) is 9.47 Å². The number of benzene rings is 2. The molecule has 2 aromatic carbocycles. The Labute approximate surface area is 175 Å². The molecule has 3 aromatic rings. The standard InChI is InChI=1S/C23H25N3O4/c1-29-21-8-2-17(3-9-21)15-26-20(16-27)14-22(24-26)18-4-6-19(7-5-18)23(28)25-10-12-30-13-11-25/h2-9,14,27H,10-13,15-16H2,1H3. The third kappa shape index (κ3) is 4.37. The zero-order valence-corrected chi connectivity index (χ0v) is 17.0. The van der Waals surface area contributed by atoms with Gasteiger partial charge in [0.25, 0.3) is 5.91 Å². The molecular weight excluding hydrogens is 382 g/mol. The van der Waals surface area contributed by atoms with Crippen molar-refractivity contribution in [3.05, 3.63) is 71.4 Å². The van der Waals surface area contributed by atoms with Crippen LogP contribution in [-0.2, 0) is 17.9 Å². The first-order valence-electron chi connectivity index (χ1n) is 9.96. The zero-order chi connectivity index (χ0) is 20.9. The molecule has 0 saturated carbocycles. The van der Waals surface area contributed by atoms with Crippen LogP contribution in [0.2, 0.25) is 0 Å². The predicted molar refractivity (Wildman–Crippen MR) is 112 cm³/mol. The Morgan fingerprint density at radius 3 is 2.43 bits per heavy atom. The summed E-state index contributed by atoms with van der Waals surface area (Å²) in [6, 6.07) is 17.1. The second-order valence-electron chi connectivity index (χ2n) is 7.17. The van der Waals surface area contributed by atoms with Gasteiger partial charge in [-0.15, -0.1) is 0 Å². The monoisotopic (exact) mass is 407 g/mol. The normalized spacial score (nSPS) is 14.0. The summed E-state index contributed by atoms with van der Waals surface area (Å²) in [6.45, 7) is 2.86. The summed E-state index contributed by atoms with van der Waals surface area (Å²) in [7, 11) is 1.64. The van der Waals surface area contributed by atoms with Crippen LogP contribution in [-0.4, -0.2) is 59.1 Å². The number of aliphatic hydroxyl groups excluding tert-OH is 1. The molecule has 1 N–H and O–H groups in total. The Morgan fingerprint density at radius 2 is 1.80 bits per heavy atom. The van der Waals surface area contributed by atoms with Gasteiger partial charge < -0.3 is 19.5 Å². The maximum absolute atomic E-state index is 12.6. The topological polar surface area (TPSA) is 76.8 Å². The molecule has 156 valence electrons. The number of hydrogen-bond donors (Lipinski definition) is 1.